The molecule has 17 heavy (non-hydrogen) atoms. The van der Waals surface area contributed by atoms with Crippen LogP contribution >= 0.6 is 12.6 Å². The van der Waals surface area contributed by atoms with Gasteiger partial charge in [0.15, 0.2) is 5.82 Å². The Morgan fingerprint density at radius 2 is 1.94 bits per heavy atom. The molecule has 1 saturated heterocycles. The molecule has 0 aliphatic carbocycles. The summed E-state index contributed by atoms with van der Waals surface area (Å²) >= 11 is 4.54. The molecule has 90 valence electrons. The average Bonchev–Trinajstić information content (AvgIpc) is 2.69. The minimum absolute atomic E-state index is 0.557. The van der Waals surface area contributed by atoms with Crippen molar-refractivity contribution in [1.82, 2.24) is 9.78 Å². The first-order valence-electron chi connectivity index (χ1n) is 6.10. The standard InChI is InChI=1S/C13H17N3S/c1-15-12-5-3-2-4-11(12)13(14-15)16-8-6-10(17)7-9-16/h2-5,10,17H,6-9H2,1H3. The second-order valence-corrected chi connectivity index (χ2v) is 5.41. The number of nitrogens with zero attached hydrogens (tertiary/aromatic N) is 3. The van der Waals surface area contributed by atoms with Crippen molar-refractivity contribution < 1.29 is 0 Å². The highest BCUT2D eigenvalue weighted by Gasteiger charge is 2.20. The van der Waals surface area contributed by atoms with Crippen molar-refractivity contribution >= 4 is 29.3 Å². The average molecular weight is 247 g/mol. The van der Waals surface area contributed by atoms with Crippen molar-refractivity contribution in [2.75, 3.05) is 18.0 Å². The quantitative estimate of drug-likeness (QED) is 0.782. The zero-order valence-electron chi connectivity index (χ0n) is 10.0. The Balaban J connectivity index is 2.00. The summed E-state index contributed by atoms with van der Waals surface area (Å²) in [6.07, 6.45) is 2.29. The van der Waals surface area contributed by atoms with E-state index in [2.05, 4.69) is 46.9 Å². The van der Waals surface area contributed by atoms with Crippen LogP contribution in [0.1, 0.15) is 12.8 Å². The van der Waals surface area contributed by atoms with E-state index in [-0.39, 0.29) is 0 Å². The molecular weight excluding hydrogens is 230 g/mol. The molecular formula is C13H17N3S. The van der Waals surface area contributed by atoms with Gasteiger partial charge >= 0.3 is 0 Å². The first-order chi connectivity index (χ1) is 8.25. The third kappa shape index (κ3) is 1.90. The van der Waals surface area contributed by atoms with Crippen LogP contribution in [0.2, 0.25) is 0 Å². The zero-order valence-corrected chi connectivity index (χ0v) is 10.9. The third-order valence-corrected chi connectivity index (χ3v) is 4.02. The van der Waals surface area contributed by atoms with Crippen molar-refractivity contribution in [3.05, 3.63) is 24.3 Å². The zero-order chi connectivity index (χ0) is 11.8. The summed E-state index contributed by atoms with van der Waals surface area (Å²) in [5, 5.41) is 6.47. The number of benzene rings is 1. The van der Waals surface area contributed by atoms with Gasteiger partial charge < -0.3 is 4.90 Å². The number of hydrogen-bond donors (Lipinski definition) is 1. The van der Waals surface area contributed by atoms with Gasteiger partial charge in [-0.1, -0.05) is 12.1 Å². The second kappa shape index (κ2) is 4.26. The minimum atomic E-state index is 0.557. The van der Waals surface area contributed by atoms with Crippen molar-refractivity contribution in [2.24, 2.45) is 7.05 Å². The summed E-state index contributed by atoms with van der Waals surface area (Å²) < 4.78 is 1.97. The van der Waals surface area contributed by atoms with E-state index in [0.717, 1.165) is 31.7 Å². The maximum atomic E-state index is 4.66. The molecule has 3 rings (SSSR count). The Bertz CT molecular complexity index is 526. The molecule has 0 spiro atoms. The molecule has 1 aromatic carbocycles. The van der Waals surface area contributed by atoms with E-state index in [4.69, 9.17) is 0 Å². The number of aryl methyl sites for hydroxylation is 1. The predicted molar refractivity (Wildman–Crippen MR) is 74.9 cm³/mol. The van der Waals surface area contributed by atoms with Crippen molar-refractivity contribution in [2.45, 2.75) is 18.1 Å². The van der Waals surface area contributed by atoms with Gasteiger partial charge in [-0.05, 0) is 25.0 Å². The molecule has 4 heteroatoms. The molecule has 1 aliphatic rings. The van der Waals surface area contributed by atoms with E-state index in [1.165, 1.54) is 10.9 Å². The van der Waals surface area contributed by atoms with Crippen LogP contribution in [0.3, 0.4) is 0 Å². The highest BCUT2D eigenvalue weighted by molar-refractivity contribution is 7.80. The van der Waals surface area contributed by atoms with Gasteiger partial charge in [-0.15, -0.1) is 0 Å². The summed E-state index contributed by atoms with van der Waals surface area (Å²) in [7, 11) is 2.01. The number of rotatable bonds is 1. The highest BCUT2D eigenvalue weighted by Crippen LogP contribution is 2.28. The van der Waals surface area contributed by atoms with Gasteiger partial charge in [-0.2, -0.15) is 17.7 Å². The van der Waals surface area contributed by atoms with Crippen LogP contribution in [-0.4, -0.2) is 28.1 Å². The normalized spacial score (nSPS) is 17.9. The molecule has 0 amide bonds. The number of anilines is 1. The smallest absolute Gasteiger partial charge is 0.158 e. The molecule has 0 unspecified atom stereocenters. The van der Waals surface area contributed by atoms with E-state index in [1.54, 1.807) is 0 Å². The molecule has 0 saturated carbocycles. The topological polar surface area (TPSA) is 21.1 Å². The van der Waals surface area contributed by atoms with Crippen LogP contribution in [0, 0.1) is 0 Å². The van der Waals surface area contributed by atoms with Gasteiger partial charge in [0.25, 0.3) is 0 Å². The Labute approximate surface area is 107 Å². The van der Waals surface area contributed by atoms with E-state index in [0.29, 0.717) is 5.25 Å². The van der Waals surface area contributed by atoms with Crippen molar-refractivity contribution in [3.63, 3.8) is 0 Å². The summed E-state index contributed by atoms with van der Waals surface area (Å²) in [5.41, 5.74) is 1.20. The third-order valence-electron chi connectivity index (χ3n) is 3.50. The number of hydrogen-bond acceptors (Lipinski definition) is 3. The lowest BCUT2D eigenvalue weighted by molar-refractivity contribution is 0.585. The van der Waals surface area contributed by atoms with Crippen LogP contribution in [-0.2, 0) is 7.05 Å². The largest absolute Gasteiger partial charge is 0.355 e. The predicted octanol–water partition coefficient (Wildman–Crippen LogP) is 2.47. The van der Waals surface area contributed by atoms with Crippen LogP contribution in [0.15, 0.2) is 24.3 Å². The summed E-state index contributed by atoms with van der Waals surface area (Å²) in [5.74, 6) is 1.13. The summed E-state index contributed by atoms with van der Waals surface area (Å²) in [6, 6.07) is 8.42. The van der Waals surface area contributed by atoms with Crippen LogP contribution in [0.25, 0.3) is 10.9 Å². The lowest BCUT2D eigenvalue weighted by Gasteiger charge is -2.30. The van der Waals surface area contributed by atoms with Gasteiger partial charge in [0, 0.05) is 30.8 Å². The van der Waals surface area contributed by atoms with Crippen LogP contribution < -0.4 is 4.90 Å². The number of piperidine rings is 1. The van der Waals surface area contributed by atoms with Gasteiger partial charge in [0.2, 0.25) is 0 Å². The summed E-state index contributed by atoms with van der Waals surface area (Å²) in [6.45, 7) is 2.13. The van der Waals surface area contributed by atoms with Crippen LogP contribution in [0.4, 0.5) is 5.82 Å². The number of aromatic nitrogens is 2. The Morgan fingerprint density at radius 3 is 2.71 bits per heavy atom. The van der Waals surface area contributed by atoms with Gasteiger partial charge in [0.05, 0.1) is 5.52 Å². The molecule has 2 heterocycles. The minimum Gasteiger partial charge on any atom is -0.355 e. The fourth-order valence-corrected chi connectivity index (χ4v) is 2.74. The lowest BCUT2D eigenvalue weighted by atomic mass is 10.1. The lowest BCUT2D eigenvalue weighted by Crippen LogP contribution is -2.34. The number of thiol groups is 1. The van der Waals surface area contributed by atoms with E-state index >= 15 is 0 Å². The number of fused-ring (bicyclic) bond motifs is 1. The molecule has 2 aromatic rings. The Kier molecular flexibility index (Phi) is 2.74. The van der Waals surface area contributed by atoms with E-state index in [1.807, 2.05) is 11.7 Å². The fraction of sp³-hybridized carbons (Fsp3) is 0.462. The molecule has 0 bridgehead atoms. The van der Waals surface area contributed by atoms with Gasteiger partial charge in [0.1, 0.15) is 0 Å². The first-order valence-corrected chi connectivity index (χ1v) is 6.62. The van der Waals surface area contributed by atoms with E-state index in [9.17, 15) is 0 Å². The monoisotopic (exact) mass is 247 g/mol. The first kappa shape index (κ1) is 11.0. The van der Waals surface area contributed by atoms with Crippen LogP contribution in [0.5, 0.6) is 0 Å². The van der Waals surface area contributed by atoms with Gasteiger partial charge in [-0.3, -0.25) is 4.68 Å². The number of para-hydroxylation sites is 1. The van der Waals surface area contributed by atoms with Crippen molar-refractivity contribution in [3.8, 4) is 0 Å². The molecule has 0 radical (unpaired) electrons. The maximum absolute atomic E-state index is 4.66. The fourth-order valence-electron chi connectivity index (χ4n) is 2.51. The second-order valence-electron chi connectivity index (χ2n) is 4.68. The molecule has 0 N–H and O–H groups in total. The molecule has 1 aliphatic heterocycles. The SMILES string of the molecule is Cn1nc(N2CCC(S)CC2)c2ccccc21. The molecule has 0 atom stereocenters. The van der Waals surface area contributed by atoms with E-state index < -0.39 is 0 Å². The molecule has 1 fully saturated rings. The summed E-state index contributed by atoms with van der Waals surface area (Å²) in [4.78, 5) is 2.38. The van der Waals surface area contributed by atoms with Crippen molar-refractivity contribution in [1.29, 1.82) is 0 Å². The molecule has 3 nitrogen and oxygen atoms in total. The maximum Gasteiger partial charge on any atom is 0.158 e. The molecule has 1 aromatic heterocycles. The Hall–Kier alpha value is -1.16. The highest BCUT2D eigenvalue weighted by atomic mass is 32.1. The van der Waals surface area contributed by atoms with Gasteiger partial charge in [-0.25, -0.2) is 0 Å². The Morgan fingerprint density at radius 1 is 1.24 bits per heavy atom.